The van der Waals surface area contributed by atoms with Crippen LogP contribution in [-0.2, 0) is 9.59 Å². The van der Waals surface area contributed by atoms with Crippen LogP contribution in [0.25, 0.3) is 0 Å². The van der Waals surface area contributed by atoms with E-state index in [4.69, 9.17) is 0 Å². The number of aliphatic imine (C=N–C) groups is 1. The fraction of sp³-hybridized carbons (Fsp3) is 0.786. The number of nitrogens with one attached hydrogen (secondary N) is 2. The second-order valence-corrected chi connectivity index (χ2v) is 5.01. The highest BCUT2D eigenvalue weighted by atomic mass is 127. The van der Waals surface area contributed by atoms with Crippen LogP contribution in [0.5, 0.6) is 0 Å². The van der Waals surface area contributed by atoms with Crippen LogP contribution in [0, 0.1) is 0 Å². The van der Waals surface area contributed by atoms with Crippen molar-refractivity contribution in [2.45, 2.75) is 52.5 Å². The lowest BCUT2D eigenvalue weighted by atomic mass is 10.1. The van der Waals surface area contributed by atoms with E-state index < -0.39 is 0 Å². The molecule has 6 nitrogen and oxygen atoms in total. The largest absolute Gasteiger partial charge is 0.357 e. The van der Waals surface area contributed by atoms with Crippen molar-refractivity contribution in [1.29, 1.82) is 0 Å². The zero-order valence-electron chi connectivity index (χ0n) is 13.1. The summed E-state index contributed by atoms with van der Waals surface area (Å²) >= 11 is 0. The van der Waals surface area contributed by atoms with E-state index in [0.717, 1.165) is 18.9 Å². The Morgan fingerprint density at radius 1 is 1.29 bits per heavy atom. The van der Waals surface area contributed by atoms with E-state index in [2.05, 4.69) is 29.5 Å². The molecule has 0 saturated carbocycles. The zero-order chi connectivity index (χ0) is 15.0. The van der Waals surface area contributed by atoms with Crippen LogP contribution in [0.15, 0.2) is 4.99 Å². The Labute approximate surface area is 144 Å². The van der Waals surface area contributed by atoms with Crippen LogP contribution in [0.2, 0.25) is 0 Å². The van der Waals surface area contributed by atoms with Gasteiger partial charge in [-0.15, -0.1) is 24.0 Å². The topological polar surface area (TPSA) is 73.8 Å². The standard InChI is InChI=1S/C14H26N4O2.HI/c1-4-11(3)17-14(15-5-2)16-9-10-18-12(19)7-6-8-13(18)20;/h11H,4-10H2,1-3H3,(H2,15,16,17);1H. The number of guanidine groups is 1. The summed E-state index contributed by atoms with van der Waals surface area (Å²) in [5.41, 5.74) is 0. The van der Waals surface area contributed by atoms with Crippen molar-refractivity contribution in [3.8, 4) is 0 Å². The van der Waals surface area contributed by atoms with E-state index in [1.807, 2.05) is 6.92 Å². The first kappa shape index (κ1) is 20.1. The van der Waals surface area contributed by atoms with E-state index in [1.54, 1.807) is 0 Å². The van der Waals surface area contributed by atoms with Gasteiger partial charge in [0, 0.05) is 32.0 Å². The van der Waals surface area contributed by atoms with Crippen LogP contribution in [0.1, 0.15) is 46.5 Å². The monoisotopic (exact) mass is 410 g/mol. The van der Waals surface area contributed by atoms with E-state index in [9.17, 15) is 9.59 Å². The maximum Gasteiger partial charge on any atom is 0.229 e. The number of hydrogen-bond donors (Lipinski definition) is 2. The third-order valence-corrected chi connectivity index (χ3v) is 3.32. The molecule has 1 atom stereocenters. The molecule has 1 aliphatic heterocycles. The molecule has 21 heavy (non-hydrogen) atoms. The lowest BCUT2D eigenvalue weighted by Gasteiger charge is -2.24. The van der Waals surface area contributed by atoms with Gasteiger partial charge in [0.05, 0.1) is 6.54 Å². The Morgan fingerprint density at radius 2 is 1.90 bits per heavy atom. The van der Waals surface area contributed by atoms with Crippen LogP contribution in [0.3, 0.4) is 0 Å². The summed E-state index contributed by atoms with van der Waals surface area (Å²) in [6, 6.07) is 0.339. The maximum absolute atomic E-state index is 11.7. The molecule has 0 aliphatic carbocycles. The van der Waals surface area contributed by atoms with E-state index in [1.165, 1.54) is 4.90 Å². The molecular weight excluding hydrogens is 383 g/mol. The molecule has 7 heteroatoms. The number of piperidine rings is 1. The molecule has 1 rings (SSSR count). The minimum absolute atomic E-state index is 0. The normalized spacial score (nSPS) is 17.3. The zero-order valence-corrected chi connectivity index (χ0v) is 15.5. The Balaban J connectivity index is 0.00000400. The molecule has 1 aliphatic rings. The molecule has 0 aromatic rings. The highest BCUT2D eigenvalue weighted by Crippen LogP contribution is 2.11. The van der Waals surface area contributed by atoms with Gasteiger partial charge in [-0.2, -0.15) is 0 Å². The molecule has 0 aromatic carbocycles. The van der Waals surface area contributed by atoms with Crippen molar-refractivity contribution in [3.63, 3.8) is 0 Å². The molecule has 122 valence electrons. The van der Waals surface area contributed by atoms with Crippen molar-refractivity contribution < 1.29 is 9.59 Å². The van der Waals surface area contributed by atoms with Gasteiger partial charge < -0.3 is 10.6 Å². The van der Waals surface area contributed by atoms with Crippen molar-refractivity contribution in [1.82, 2.24) is 15.5 Å². The minimum Gasteiger partial charge on any atom is -0.357 e. The third-order valence-electron chi connectivity index (χ3n) is 3.32. The molecule has 1 fully saturated rings. The molecule has 0 spiro atoms. The van der Waals surface area contributed by atoms with Crippen LogP contribution in [-0.4, -0.2) is 48.3 Å². The highest BCUT2D eigenvalue weighted by Gasteiger charge is 2.24. The quantitative estimate of drug-likeness (QED) is 0.301. The average Bonchev–Trinajstić information content (AvgIpc) is 2.42. The number of amides is 2. The number of likely N-dealkylation sites (tertiary alicyclic amines) is 1. The van der Waals surface area contributed by atoms with Gasteiger partial charge in [0.15, 0.2) is 5.96 Å². The SMILES string of the molecule is CCNC(=NCCN1C(=O)CCCC1=O)NC(C)CC.I. The molecule has 1 unspecified atom stereocenters. The molecule has 0 aromatic heterocycles. The number of hydrogen-bond acceptors (Lipinski definition) is 3. The first-order chi connectivity index (χ1) is 9.58. The molecule has 1 saturated heterocycles. The minimum atomic E-state index is -0.0728. The Kier molecular flexibility index (Phi) is 10.4. The summed E-state index contributed by atoms with van der Waals surface area (Å²) in [6.45, 7) is 7.78. The van der Waals surface area contributed by atoms with Crippen molar-refractivity contribution >= 4 is 41.8 Å². The van der Waals surface area contributed by atoms with Crippen molar-refractivity contribution in [2.24, 2.45) is 4.99 Å². The smallest absolute Gasteiger partial charge is 0.229 e. The van der Waals surface area contributed by atoms with E-state index >= 15 is 0 Å². The molecular formula is C14H27IN4O2. The predicted octanol–water partition coefficient (Wildman–Crippen LogP) is 1.50. The number of nitrogens with zero attached hydrogens (tertiary/aromatic N) is 2. The Hall–Kier alpha value is -0.860. The Bertz CT molecular complexity index is 358. The third kappa shape index (κ3) is 7.10. The lowest BCUT2D eigenvalue weighted by Crippen LogP contribution is -2.44. The summed E-state index contributed by atoms with van der Waals surface area (Å²) in [7, 11) is 0. The lowest BCUT2D eigenvalue weighted by molar-refractivity contribution is -0.147. The number of carbonyl (C=O) groups is 2. The van der Waals surface area contributed by atoms with Gasteiger partial charge in [0.25, 0.3) is 0 Å². The molecule has 2 amide bonds. The first-order valence-electron chi connectivity index (χ1n) is 7.46. The molecule has 0 radical (unpaired) electrons. The highest BCUT2D eigenvalue weighted by molar-refractivity contribution is 14.0. The maximum atomic E-state index is 11.7. The summed E-state index contributed by atoms with van der Waals surface area (Å²) in [6.07, 6.45) is 2.63. The van der Waals surface area contributed by atoms with Gasteiger partial charge in [-0.25, -0.2) is 0 Å². The number of halogens is 1. The van der Waals surface area contributed by atoms with Gasteiger partial charge in [-0.1, -0.05) is 6.92 Å². The fourth-order valence-electron chi connectivity index (χ4n) is 1.97. The number of carbonyl (C=O) groups excluding carboxylic acids is 2. The predicted molar refractivity (Wildman–Crippen MR) is 94.9 cm³/mol. The number of imide groups is 1. The van der Waals surface area contributed by atoms with Crippen LogP contribution >= 0.6 is 24.0 Å². The first-order valence-corrected chi connectivity index (χ1v) is 7.46. The van der Waals surface area contributed by atoms with Crippen molar-refractivity contribution in [2.75, 3.05) is 19.6 Å². The van der Waals surface area contributed by atoms with Gasteiger partial charge in [-0.3, -0.25) is 19.5 Å². The fourth-order valence-corrected chi connectivity index (χ4v) is 1.97. The van der Waals surface area contributed by atoms with Crippen LogP contribution in [0.4, 0.5) is 0 Å². The number of rotatable bonds is 6. The second kappa shape index (κ2) is 10.8. The Morgan fingerprint density at radius 3 is 2.43 bits per heavy atom. The van der Waals surface area contributed by atoms with Crippen LogP contribution < -0.4 is 10.6 Å². The van der Waals surface area contributed by atoms with Crippen molar-refractivity contribution in [3.05, 3.63) is 0 Å². The summed E-state index contributed by atoms with van der Waals surface area (Å²) in [4.78, 5) is 29.1. The van der Waals surface area contributed by atoms with E-state index in [0.29, 0.717) is 38.4 Å². The average molecular weight is 410 g/mol. The summed E-state index contributed by atoms with van der Waals surface area (Å²) in [5, 5.41) is 6.44. The molecule has 2 N–H and O–H groups in total. The summed E-state index contributed by atoms with van der Waals surface area (Å²) in [5.74, 6) is 0.589. The van der Waals surface area contributed by atoms with Gasteiger partial charge >= 0.3 is 0 Å². The van der Waals surface area contributed by atoms with Gasteiger partial charge in [0.1, 0.15) is 0 Å². The summed E-state index contributed by atoms with van der Waals surface area (Å²) < 4.78 is 0. The van der Waals surface area contributed by atoms with Gasteiger partial charge in [0.2, 0.25) is 11.8 Å². The van der Waals surface area contributed by atoms with E-state index in [-0.39, 0.29) is 35.8 Å². The molecule has 0 bridgehead atoms. The van der Waals surface area contributed by atoms with Gasteiger partial charge in [-0.05, 0) is 26.7 Å². The molecule has 1 heterocycles. The second-order valence-electron chi connectivity index (χ2n) is 5.01.